The van der Waals surface area contributed by atoms with Crippen LogP contribution in [0.15, 0.2) is 36.1 Å². The Morgan fingerprint density at radius 2 is 1.35 bits per heavy atom. The number of carbonyl (C=O) groups is 4. The molecule has 0 radical (unpaired) electrons. The molecule has 5 aliphatic rings. The highest BCUT2D eigenvalue weighted by molar-refractivity contribution is 6.52. The molecule has 8 rings (SSSR count). The van der Waals surface area contributed by atoms with E-state index in [1.165, 1.54) is 30.8 Å². The Hall–Kier alpha value is -5.49. The fraction of sp³-hybridized carbons (Fsp3) is 0.528. The van der Waals surface area contributed by atoms with Gasteiger partial charge in [-0.05, 0) is 60.4 Å². The molecule has 0 bridgehead atoms. The minimum atomic E-state index is -1.35. The van der Waals surface area contributed by atoms with Gasteiger partial charge in [-0.1, -0.05) is 67.2 Å². The summed E-state index contributed by atoms with van der Waals surface area (Å²) in [5.41, 5.74) is 4.80. The number of benzene rings is 3. The van der Waals surface area contributed by atoms with Crippen LogP contribution in [0.1, 0.15) is 160 Å². The quantitative estimate of drug-likeness (QED) is 0.0858. The van der Waals surface area contributed by atoms with E-state index in [-0.39, 0.29) is 86.5 Å². The van der Waals surface area contributed by atoms with Gasteiger partial charge in [-0.3, -0.25) is 9.59 Å². The Morgan fingerprint density at radius 3 is 2.00 bits per heavy atom. The number of ether oxygens (including phenoxy) is 4. The van der Waals surface area contributed by atoms with Gasteiger partial charge in [-0.2, -0.15) is 0 Å². The summed E-state index contributed by atoms with van der Waals surface area (Å²) in [5.74, 6) is -2.07. The van der Waals surface area contributed by atoms with E-state index < -0.39 is 11.9 Å². The number of nitrogens with zero attached hydrogens (tertiary/aromatic N) is 2. The van der Waals surface area contributed by atoms with Crippen LogP contribution < -0.4 is 34.6 Å². The van der Waals surface area contributed by atoms with Crippen molar-refractivity contribution in [1.82, 2.24) is 4.58 Å². The molecule has 12 heteroatoms. The lowest BCUT2D eigenvalue weighted by molar-refractivity contribution is -0.293. The van der Waals surface area contributed by atoms with Gasteiger partial charge >= 0.3 is 11.9 Å². The summed E-state index contributed by atoms with van der Waals surface area (Å²) in [6, 6.07) is 7.96. The third kappa shape index (κ3) is 7.93. The van der Waals surface area contributed by atoms with Crippen molar-refractivity contribution in [2.45, 2.75) is 122 Å². The van der Waals surface area contributed by atoms with Crippen molar-refractivity contribution < 1.29 is 48.3 Å². The van der Waals surface area contributed by atoms with Crippen LogP contribution >= 0.6 is 0 Å². The molecule has 0 unspecified atom stereocenters. The second-order valence-electron chi connectivity index (χ2n) is 21.1. The first-order valence-corrected chi connectivity index (χ1v) is 23.2. The summed E-state index contributed by atoms with van der Waals surface area (Å²) in [4.78, 5) is 54.7. The number of esters is 1. The smallest absolute Gasteiger partial charge is 0.339 e. The Balaban J connectivity index is 1.25. The molecule has 4 heterocycles. The molecule has 0 saturated carbocycles. The third-order valence-electron chi connectivity index (χ3n) is 14.8. The van der Waals surface area contributed by atoms with Crippen molar-refractivity contribution in [1.29, 1.82) is 0 Å². The predicted molar refractivity (Wildman–Crippen MR) is 247 cm³/mol. The minimum absolute atomic E-state index is 0.0845. The summed E-state index contributed by atoms with van der Waals surface area (Å²) >= 11 is 0. The van der Waals surface area contributed by atoms with Gasteiger partial charge in [0.05, 0.1) is 36.5 Å². The maximum atomic E-state index is 15.1. The molecule has 0 amide bonds. The number of rotatable bonds is 14. The number of allylic oxidation sites excluding steroid dienone is 2. The second kappa shape index (κ2) is 16.7. The number of carbonyl (C=O) groups excluding carboxylic acids is 3. The van der Waals surface area contributed by atoms with E-state index in [1.807, 2.05) is 6.07 Å². The van der Waals surface area contributed by atoms with Crippen molar-refractivity contribution in [3.63, 3.8) is 0 Å². The van der Waals surface area contributed by atoms with Crippen LogP contribution in [0.3, 0.4) is 0 Å². The monoisotopic (exact) mass is 888 g/mol. The van der Waals surface area contributed by atoms with E-state index in [9.17, 15) is 19.5 Å². The van der Waals surface area contributed by atoms with Crippen molar-refractivity contribution in [3.05, 3.63) is 91.2 Å². The molecule has 0 spiro atoms. The SMILES string of the molecule is COCCCOc1c(C2=C([O-])/C(=c3/cc4c5c(c3OCCCOC(=O)c3ccc(C(C)=O)cc3C(=O)O)C(C)(C)CC[N+]=5CCC4(C)C)C2=O)cc2c3c1C(C)(C)CCN3CCC2(C)C. The van der Waals surface area contributed by atoms with Gasteiger partial charge in [0.2, 0.25) is 5.36 Å². The number of carboxylic acid groups (broad SMARTS) is 1. The summed E-state index contributed by atoms with van der Waals surface area (Å²) in [7, 11) is 1.66. The average molecular weight is 889 g/mol. The molecular weight excluding hydrogens is 825 g/mol. The zero-order valence-electron chi connectivity index (χ0n) is 39.8. The molecule has 1 N–H and O–H groups in total. The number of anilines is 1. The number of carboxylic acids is 1. The molecule has 4 aliphatic heterocycles. The molecule has 0 fully saturated rings. The van der Waals surface area contributed by atoms with Gasteiger partial charge in [0.25, 0.3) is 0 Å². The van der Waals surface area contributed by atoms with Crippen molar-refractivity contribution in [2.24, 2.45) is 0 Å². The van der Waals surface area contributed by atoms with Crippen LogP contribution in [0.4, 0.5) is 5.69 Å². The van der Waals surface area contributed by atoms with Gasteiger partial charge < -0.3 is 34.1 Å². The number of Topliss-reactive ketones (excluding diaryl/α,β-unsaturated/α-hetero) is 2. The standard InChI is InChI=1S/C53H64N2O10/c1-30(56)31-13-14-32(33(27-31)48(59)60)49(61)65-26-12-25-64-47-35(29-37-43-41(47)53(8,9)18-22-55(43)20-16-51(37,4)5)39-44(57)38(45(39)58)34-28-36-42-40(46(34)63-24-11-23-62-10)52(6,7)17-21-54(42)19-15-50(36,2)3/h13-14,27-29H,11-12,15-26H2,1-10H3,(H-,57,58,59,60). The normalized spacial score (nSPS) is 20.4. The second-order valence-corrected chi connectivity index (χ2v) is 21.1. The van der Waals surface area contributed by atoms with Gasteiger partial charge in [0.1, 0.15) is 24.6 Å². The van der Waals surface area contributed by atoms with E-state index in [2.05, 4.69) is 70.9 Å². The molecule has 346 valence electrons. The number of hydrogen-bond acceptors (Lipinski definition) is 10. The maximum absolute atomic E-state index is 15.1. The molecular formula is C53H64N2O10. The largest absolute Gasteiger partial charge is 0.871 e. The Bertz CT molecular complexity index is 2700. The van der Waals surface area contributed by atoms with Crippen LogP contribution in [0.2, 0.25) is 0 Å². The summed E-state index contributed by atoms with van der Waals surface area (Å²) in [5, 5.41) is 26.5. The van der Waals surface area contributed by atoms with E-state index >= 15 is 9.90 Å². The van der Waals surface area contributed by atoms with Crippen LogP contribution in [0.25, 0.3) is 11.1 Å². The molecule has 12 nitrogen and oxygen atoms in total. The van der Waals surface area contributed by atoms with Crippen LogP contribution in [0.5, 0.6) is 11.5 Å². The highest BCUT2D eigenvalue weighted by atomic mass is 16.5. The van der Waals surface area contributed by atoms with Crippen LogP contribution in [-0.2, 0) is 35.9 Å². The summed E-state index contributed by atoms with van der Waals surface area (Å²) < 4.78 is 26.8. The van der Waals surface area contributed by atoms with Crippen LogP contribution in [0, 0.1) is 0 Å². The average Bonchev–Trinajstić information content (AvgIpc) is 3.24. The van der Waals surface area contributed by atoms with Gasteiger partial charge in [-0.25, -0.2) is 14.2 Å². The number of ketones is 2. The van der Waals surface area contributed by atoms with Crippen molar-refractivity contribution >= 4 is 40.3 Å². The number of aromatic carboxylic acids is 1. The lowest BCUT2D eigenvalue weighted by Crippen LogP contribution is -2.54. The summed E-state index contributed by atoms with van der Waals surface area (Å²) in [6.07, 6.45) is 4.48. The first-order chi connectivity index (χ1) is 30.6. The zero-order chi connectivity index (χ0) is 47.0. The van der Waals surface area contributed by atoms with E-state index in [1.54, 1.807) is 7.11 Å². The Labute approximate surface area is 381 Å². The van der Waals surface area contributed by atoms with Crippen LogP contribution in [-0.4, -0.2) is 88.3 Å². The van der Waals surface area contributed by atoms with E-state index in [0.717, 1.165) is 79.5 Å². The van der Waals surface area contributed by atoms with Crippen molar-refractivity contribution in [3.8, 4) is 11.5 Å². The minimum Gasteiger partial charge on any atom is -0.871 e. The van der Waals surface area contributed by atoms with Gasteiger partial charge in [0.15, 0.2) is 11.6 Å². The van der Waals surface area contributed by atoms with E-state index in [0.29, 0.717) is 41.9 Å². The Kier molecular flexibility index (Phi) is 11.9. The molecule has 1 aliphatic carbocycles. The first kappa shape index (κ1) is 46.1. The van der Waals surface area contributed by atoms with Crippen molar-refractivity contribution in [2.75, 3.05) is 64.6 Å². The number of methoxy groups -OCH3 is 1. The van der Waals surface area contributed by atoms with Gasteiger partial charge in [-0.15, -0.1) is 0 Å². The molecule has 3 aromatic rings. The third-order valence-corrected chi connectivity index (χ3v) is 14.8. The molecule has 0 saturated heterocycles. The molecule has 0 atom stereocenters. The molecule has 65 heavy (non-hydrogen) atoms. The highest BCUT2D eigenvalue weighted by Crippen LogP contribution is 2.56. The summed E-state index contributed by atoms with van der Waals surface area (Å²) in [6.45, 7) is 23.5. The molecule has 0 aromatic heterocycles. The molecule has 3 aromatic carbocycles. The zero-order valence-corrected chi connectivity index (χ0v) is 39.8. The lowest BCUT2D eigenvalue weighted by atomic mass is 9.67. The lowest BCUT2D eigenvalue weighted by Gasteiger charge is -2.49. The maximum Gasteiger partial charge on any atom is 0.339 e. The fourth-order valence-electron chi connectivity index (χ4n) is 10.6. The predicted octanol–water partition coefficient (Wildman–Crippen LogP) is 6.16. The topological polar surface area (TPSA) is 155 Å². The Morgan fingerprint density at radius 1 is 0.738 bits per heavy atom. The fourth-order valence-corrected chi connectivity index (χ4v) is 10.6. The number of hydrogen-bond donors (Lipinski definition) is 1. The van der Waals surface area contributed by atoms with Gasteiger partial charge in [0, 0.05) is 108 Å². The first-order valence-electron chi connectivity index (χ1n) is 23.2. The highest BCUT2D eigenvalue weighted by Gasteiger charge is 2.47. The van der Waals surface area contributed by atoms with E-state index in [4.69, 9.17) is 18.9 Å².